The maximum absolute atomic E-state index is 13.2. The molecule has 0 aliphatic rings. The normalized spacial score (nSPS) is 11.5. The number of hydrogen-bond donors (Lipinski definition) is 2. The molecular formula is C23H29ClN2O5. The van der Waals surface area contributed by atoms with E-state index in [2.05, 4.69) is 12.2 Å². The van der Waals surface area contributed by atoms with Crippen LogP contribution < -0.4 is 19.7 Å². The third-order valence-corrected chi connectivity index (χ3v) is 5.05. The number of alkyl halides is 1. The summed E-state index contributed by atoms with van der Waals surface area (Å²) in [5, 5.41) is 12.6. The first-order valence-electron chi connectivity index (χ1n) is 10.1. The van der Waals surface area contributed by atoms with Crippen LogP contribution in [0.2, 0.25) is 0 Å². The highest BCUT2D eigenvalue weighted by Crippen LogP contribution is 2.36. The van der Waals surface area contributed by atoms with Gasteiger partial charge in [0.15, 0.2) is 11.5 Å². The Kier molecular flexibility index (Phi) is 9.46. The number of nitrogens with zero attached hydrogens (tertiary/aromatic N) is 1. The Morgan fingerprint density at radius 3 is 2.32 bits per heavy atom. The molecule has 0 aliphatic heterocycles. The number of aromatic hydroxyl groups is 1. The highest BCUT2D eigenvalue weighted by atomic mass is 35.5. The molecule has 2 aromatic carbocycles. The fraction of sp³-hybridized carbons (Fsp3) is 0.391. The molecule has 7 nitrogen and oxygen atoms in total. The molecule has 1 unspecified atom stereocenters. The molecule has 0 radical (unpaired) electrons. The van der Waals surface area contributed by atoms with E-state index in [1.165, 1.54) is 31.3 Å². The maximum atomic E-state index is 13.2. The predicted molar refractivity (Wildman–Crippen MR) is 121 cm³/mol. The first-order chi connectivity index (χ1) is 15.0. The topological polar surface area (TPSA) is 88.1 Å². The zero-order valence-corrected chi connectivity index (χ0v) is 18.8. The minimum Gasteiger partial charge on any atom is -0.508 e. The van der Waals surface area contributed by atoms with Crippen molar-refractivity contribution in [2.75, 3.05) is 31.5 Å². The molecule has 0 heterocycles. The summed E-state index contributed by atoms with van der Waals surface area (Å²) in [4.78, 5) is 27.5. The summed E-state index contributed by atoms with van der Waals surface area (Å²) in [5.41, 5.74) is 0.976. The average Bonchev–Trinajstić information content (AvgIpc) is 2.80. The van der Waals surface area contributed by atoms with Crippen molar-refractivity contribution >= 4 is 29.1 Å². The van der Waals surface area contributed by atoms with E-state index in [1.54, 1.807) is 30.3 Å². The number of unbranched alkanes of at least 4 members (excludes halogenated alkanes) is 2. The van der Waals surface area contributed by atoms with Gasteiger partial charge in [-0.1, -0.05) is 31.9 Å². The molecule has 2 rings (SSSR count). The van der Waals surface area contributed by atoms with Crippen molar-refractivity contribution in [3.63, 3.8) is 0 Å². The Bertz CT molecular complexity index is 873. The molecule has 2 N–H and O–H groups in total. The maximum Gasteiger partial charge on any atom is 0.247 e. The van der Waals surface area contributed by atoms with E-state index in [0.717, 1.165) is 19.3 Å². The number of anilines is 1. The predicted octanol–water partition coefficient (Wildman–Crippen LogP) is 4.03. The van der Waals surface area contributed by atoms with E-state index in [9.17, 15) is 14.7 Å². The largest absolute Gasteiger partial charge is 0.508 e. The number of phenolic OH excluding ortho intramolecular Hbond substituents is 1. The van der Waals surface area contributed by atoms with Gasteiger partial charge >= 0.3 is 0 Å². The van der Waals surface area contributed by atoms with Gasteiger partial charge in [0.25, 0.3) is 0 Å². The molecule has 0 spiro atoms. The molecule has 168 valence electrons. The lowest BCUT2D eigenvalue weighted by Gasteiger charge is -2.31. The summed E-state index contributed by atoms with van der Waals surface area (Å²) in [5.74, 6) is -0.126. The van der Waals surface area contributed by atoms with Crippen molar-refractivity contribution in [1.29, 1.82) is 0 Å². The van der Waals surface area contributed by atoms with Crippen LogP contribution in [0.1, 0.15) is 37.8 Å². The number of carbonyl (C=O) groups excluding carboxylic acids is 2. The number of rotatable bonds is 11. The Hall–Kier alpha value is -2.93. The highest BCUT2D eigenvalue weighted by Gasteiger charge is 2.32. The van der Waals surface area contributed by atoms with E-state index in [4.69, 9.17) is 21.1 Å². The molecule has 2 amide bonds. The highest BCUT2D eigenvalue weighted by molar-refractivity contribution is 6.29. The third kappa shape index (κ3) is 6.28. The number of amides is 2. The quantitative estimate of drug-likeness (QED) is 0.400. The van der Waals surface area contributed by atoms with Crippen LogP contribution in [0.4, 0.5) is 5.69 Å². The number of methoxy groups -OCH3 is 2. The number of benzene rings is 2. The van der Waals surface area contributed by atoms with Crippen LogP contribution in [-0.4, -0.2) is 43.6 Å². The number of halogens is 1. The van der Waals surface area contributed by atoms with Gasteiger partial charge in [-0.3, -0.25) is 14.5 Å². The fourth-order valence-electron chi connectivity index (χ4n) is 3.23. The van der Waals surface area contributed by atoms with Gasteiger partial charge in [-0.2, -0.15) is 0 Å². The molecule has 0 saturated carbocycles. The van der Waals surface area contributed by atoms with Gasteiger partial charge in [-0.05, 0) is 36.2 Å². The summed E-state index contributed by atoms with van der Waals surface area (Å²) in [6.45, 7) is 2.58. The number of carbonyl (C=O) groups is 2. The molecule has 0 bridgehead atoms. The summed E-state index contributed by atoms with van der Waals surface area (Å²) < 4.78 is 10.6. The standard InChI is InChI=1S/C23H29ClN2O5/c1-4-5-6-13-25-23(29)22(16-7-10-18(27)11-8-16)26(21(28)15-24)17-9-12-19(30-2)20(14-17)31-3/h7-12,14,22,27H,4-6,13,15H2,1-3H3,(H,25,29). The van der Waals surface area contributed by atoms with Crippen LogP contribution in [0.25, 0.3) is 0 Å². The van der Waals surface area contributed by atoms with Crippen LogP contribution in [0.15, 0.2) is 42.5 Å². The van der Waals surface area contributed by atoms with Gasteiger partial charge in [0.2, 0.25) is 11.8 Å². The lowest BCUT2D eigenvalue weighted by Crippen LogP contribution is -2.44. The van der Waals surface area contributed by atoms with Crippen molar-refractivity contribution < 1.29 is 24.2 Å². The smallest absolute Gasteiger partial charge is 0.247 e. The monoisotopic (exact) mass is 448 g/mol. The van der Waals surface area contributed by atoms with E-state index in [0.29, 0.717) is 29.3 Å². The molecular weight excluding hydrogens is 420 g/mol. The van der Waals surface area contributed by atoms with Gasteiger partial charge < -0.3 is 19.9 Å². The molecule has 8 heteroatoms. The van der Waals surface area contributed by atoms with Crippen molar-refractivity contribution in [1.82, 2.24) is 5.32 Å². The van der Waals surface area contributed by atoms with E-state index in [-0.39, 0.29) is 17.5 Å². The van der Waals surface area contributed by atoms with Gasteiger partial charge in [0.1, 0.15) is 17.7 Å². The van der Waals surface area contributed by atoms with Crippen molar-refractivity contribution in [3.05, 3.63) is 48.0 Å². The van der Waals surface area contributed by atoms with Gasteiger partial charge in [0.05, 0.1) is 14.2 Å². The Morgan fingerprint density at radius 2 is 1.74 bits per heavy atom. The van der Waals surface area contributed by atoms with Gasteiger partial charge in [0, 0.05) is 18.3 Å². The second-order valence-corrected chi connectivity index (χ2v) is 7.20. The van der Waals surface area contributed by atoms with Gasteiger partial charge in [-0.15, -0.1) is 11.6 Å². The van der Waals surface area contributed by atoms with Crippen molar-refractivity contribution in [2.45, 2.75) is 32.2 Å². The average molecular weight is 449 g/mol. The first kappa shape index (κ1) is 24.3. The van der Waals surface area contributed by atoms with E-state index < -0.39 is 11.9 Å². The third-order valence-electron chi connectivity index (χ3n) is 4.82. The molecule has 2 aromatic rings. The Morgan fingerprint density at radius 1 is 1.06 bits per heavy atom. The molecule has 0 saturated heterocycles. The van der Waals surface area contributed by atoms with Gasteiger partial charge in [-0.25, -0.2) is 0 Å². The lowest BCUT2D eigenvalue weighted by molar-refractivity contribution is -0.125. The minimum atomic E-state index is -0.980. The SMILES string of the molecule is CCCCCNC(=O)C(c1ccc(O)cc1)N(C(=O)CCl)c1ccc(OC)c(OC)c1. The van der Waals surface area contributed by atoms with Crippen LogP contribution in [0.5, 0.6) is 17.2 Å². The number of hydrogen-bond acceptors (Lipinski definition) is 5. The van der Waals surface area contributed by atoms with E-state index >= 15 is 0 Å². The molecule has 0 aliphatic carbocycles. The molecule has 0 fully saturated rings. The molecule has 1 atom stereocenters. The number of phenols is 1. The zero-order chi connectivity index (χ0) is 22.8. The lowest BCUT2D eigenvalue weighted by atomic mass is 10.0. The molecule has 0 aromatic heterocycles. The first-order valence-corrected chi connectivity index (χ1v) is 10.7. The van der Waals surface area contributed by atoms with Crippen LogP contribution in [0, 0.1) is 0 Å². The second-order valence-electron chi connectivity index (χ2n) is 6.93. The fourth-order valence-corrected chi connectivity index (χ4v) is 3.36. The van der Waals surface area contributed by atoms with Crippen molar-refractivity contribution in [2.24, 2.45) is 0 Å². The van der Waals surface area contributed by atoms with E-state index in [1.807, 2.05) is 0 Å². The van der Waals surface area contributed by atoms with Crippen molar-refractivity contribution in [3.8, 4) is 17.2 Å². The summed E-state index contributed by atoms with van der Waals surface area (Å²) in [6.07, 6.45) is 2.86. The molecule has 31 heavy (non-hydrogen) atoms. The number of nitrogens with one attached hydrogen (secondary N) is 1. The minimum absolute atomic E-state index is 0.0622. The van der Waals surface area contributed by atoms with Crippen LogP contribution in [-0.2, 0) is 9.59 Å². The van der Waals surface area contributed by atoms with Crippen LogP contribution >= 0.6 is 11.6 Å². The second kappa shape index (κ2) is 12.1. The Balaban J connectivity index is 2.52. The zero-order valence-electron chi connectivity index (χ0n) is 18.1. The Labute approximate surface area is 187 Å². The summed E-state index contributed by atoms with van der Waals surface area (Å²) >= 11 is 5.92. The summed E-state index contributed by atoms with van der Waals surface area (Å²) in [6, 6.07) is 10.2. The summed E-state index contributed by atoms with van der Waals surface area (Å²) in [7, 11) is 3.01. The number of ether oxygens (including phenoxy) is 2. The van der Waals surface area contributed by atoms with Crippen LogP contribution in [0.3, 0.4) is 0 Å².